The van der Waals surface area contributed by atoms with Crippen molar-refractivity contribution in [3.63, 3.8) is 0 Å². The molecule has 0 radical (unpaired) electrons. The van der Waals surface area contributed by atoms with Gasteiger partial charge in [0.1, 0.15) is 0 Å². The molecule has 0 unspecified atom stereocenters. The molecule has 0 amide bonds. The number of rotatable bonds is 3. The highest BCUT2D eigenvalue weighted by atomic mass is 16.1. The molecule has 0 saturated carbocycles. The van der Waals surface area contributed by atoms with Gasteiger partial charge in [-0.15, -0.1) is 6.58 Å². The first-order valence-electron chi connectivity index (χ1n) is 4.87. The highest BCUT2D eigenvalue weighted by Crippen LogP contribution is 2.09. The minimum Gasteiger partial charge on any atom is -0.306 e. The fourth-order valence-electron chi connectivity index (χ4n) is 1.58. The van der Waals surface area contributed by atoms with E-state index in [9.17, 15) is 4.79 Å². The molecular weight excluding hydrogens is 188 g/mol. The largest absolute Gasteiger partial charge is 0.306 e. The third-order valence-corrected chi connectivity index (χ3v) is 2.35. The number of nitrogens with zero attached hydrogens (tertiary/aromatic N) is 2. The minimum absolute atomic E-state index is 0.0114. The fraction of sp³-hybridized carbons (Fsp3) is 0.167. The standard InChI is InChI=1S/C12H12N2O/c1-2-3-8-14-11-9-13-7-6-10(11)4-5-12(14)15/h2,4-7,9H,1,3,8H2. The van der Waals surface area contributed by atoms with Crippen LogP contribution in [0.25, 0.3) is 10.9 Å². The van der Waals surface area contributed by atoms with E-state index in [1.54, 1.807) is 23.0 Å². The van der Waals surface area contributed by atoms with Crippen LogP contribution in [-0.2, 0) is 6.54 Å². The SMILES string of the molecule is C=CCCn1c(=O)ccc2ccncc21. The highest BCUT2D eigenvalue weighted by Gasteiger charge is 2.00. The van der Waals surface area contributed by atoms with Crippen LogP contribution < -0.4 is 5.56 Å². The summed E-state index contributed by atoms with van der Waals surface area (Å²) in [6, 6.07) is 5.31. The van der Waals surface area contributed by atoms with Crippen LogP contribution in [0.3, 0.4) is 0 Å². The van der Waals surface area contributed by atoms with Crippen LogP contribution in [0.4, 0.5) is 0 Å². The normalized spacial score (nSPS) is 10.4. The van der Waals surface area contributed by atoms with Crippen LogP contribution in [0.15, 0.2) is 48.0 Å². The van der Waals surface area contributed by atoms with Crippen molar-refractivity contribution in [1.82, 2.24) is 9.55 Å². The van der Waals surface area contributed by atoms with Crippen molar-refractivity contribution in [2.24, 2.45) is 0 Å². The molecule has 2 aromatic rings. The molecule has 0 fully saturated rings. The van der Waals surface area contributed by atoms with E-state index < -0.39 is 0 Å². The number of pyridine rings is 2. The summed E-state index contributed by atoms with van der Waals surface area (Å²) in [6.07, 6.45) is 6.04. The summed E-state index contributed by atoms with van der Waals surface area (Å²) in [5, 5.41) is 1.04. The van der Waals surface area contributed by atoms with Gasteiger partial charge in [-0.25, -0.2) is 0 Å². The number of aryl methyl sites for hydroxylation is 1. The van der Waals surface area contributed by atoms with Crippen molar-refractivity contribution < 1.29 is 0 Å². The van der Waals surface area contributed by atoms with Crippen molar-refractivity contribution in [2.75, 3.05) is 0 Å². The summed E-state index contributed by atoms with van der Waals surface area (Å²) in [7, 11) is 0. The second kappa shape index (κ2) is 4.09. The Bertz CT molecular complexity index is 543. The second-order valence-electron chi connectivity index (χ2n) is 3.34. The van der Waals surface area contributed by atoms with Crippen molar-refractivity contribution in [3.8, 4) is 0 Å². The Morgan fingerprint density at radius 2 is 2.27 bits per heavy atom. The molecule has 0 aromatic carbocycles. The van der Waals surface area contributed by atoms with Gasteiger partial charge < -0.3 is 4.57 Å². The summed E-state index contributed by atoms with van der Waals surface area (Å²) in [5.41, 5.74) is 0.893. The lowest BCUT2D eigenvalue weighted by molar-refractivity contribution is 0.708. The Morgan fingerprint density at radius 1 is 1.40 bits per heavy atom. The van der Waals surface area contributed by atoms with Gasteiger partial charge in [-0.05, 0) is 18.6 Å². The van der Waals surface area contributed by atoms with Gasteiger partial charge in [0, 0.05) is 24.2 Å². The third-order valence-electron chi connectivity index (χ3n) is 2.35. The highest BCUT2D eigenvalue weighted by molar-refractivity contribution is 5.77. The molecule has 2 aromatic heterocycles. The van der Waals surface area contributed by atoms with Crippen molar-refractivity contribution in [3.05, 3.63) is 53.6 Å². The van der Waals surface area contributed by atoms with E-state index in [4.69, 9.17) is 0 Å². The first-order valence-corrected chi connectivity index (χ1v) is 4.87. The first kappa shape index (κ1) is 9.65. The average molecular weight is 200 g/mol. The second-order valence-corrected chi connectivity index (χ2v) is 3.34. The number of fused-ring (bicyclic) bond motifs is 1. The van der Waals surface area contributed by atoms with E-state index in [2.05, 4.69) is 11.6 Å². The van der Waals surface area contributed by atoms with Crippen LogP contribution in [0.1, 0.15) is 6.42 Å². The van der Waals surface area contributed by atoms with Gasteiger partial charge in [0.25, 0.3) is 5.56 Å². The van der Waals surface area contributed by atoms with Gasteiger partial charge in [0.15, 0.2) is 0 Å². The van der Waals surface area contributed by atoms with Gasteiger partial charge in [-0.1, -0.05) is 6.08 Å². The summed E-state index contributed by atoms with van der Waals surface area (Å²) < 4.78 is 1.73. The zero-order chi connectivity index (χ0) is 10.7. The van der Waals surface area contributed by atoms with Crippen molar-refractivity contribution in [1.29, 1.82) is 0 Å². The molecular formula is C12H12N2O. The predicted octanol–water partition coefficient (Wildman–Crippen LogP) is 1.97. The predicted molar refractivity (Wildman–Crippen MR) is 60.8 cm³/mol. The zero-order valence-corrected chi connectivity index (χ0v) is 8.39. The third kappa shape index (κ3) is 1.81. The van der Waals surface area contributed by atoms with E-state index >= 15 is 0 Å². The molecule has 2 heterocycles. The number of hydrogen-bond donors (Lipinski definition) is 0. The van der Waals surface area contributed by atoms with E-state index in [0.717, 1.165) is 17.3 Å². The maximum atomic E-state index is 11.6. The quantitative estimate of drug-likeness (QED) is 0.710. The molecule has 2 rings (SSSR count). The number of hydrogen-bond acceptors (Lipinski definition) is 2. The summed E-state index contributed by atoms with van der Waals surface area (Å²) >= 11 is 0. The molecule has 0 spiro atoms. The van der Waals surface area contributed by atoms with Crippen LogP contribution in [0, 0.1) is 0 Å². The minimum atomic E-state index is 0.0114. The molecule has 0 saturated heterocycles. The Kier molecular flexibility index (Phi) is 2.63. The first-order chi connectivity index (χ1) is 7.33. The molecule has 0 aliphatic carbocycles. The molecule has 15 heavy (non-hydrogen) atoms. The van der Waals surface area contributed by atoms with Gasteiger partial charge >= 0.3 is 0 Å². The smallest absolute Gasteiger partial charge is 0.251 e. The number of allylic oxidation sites excluding steroid dienone is 1. The lowest BCUT2D eigenvalue weighted by atomic mass is 10.2. The monoisotopic (exact) mass is 200 g/mol. The summed E-state index contributed by atoms with van der Waals surface area (Å²) in [5.74, 6) is 0. The molecule has 0 aliphatic heterocycles. The lowest BCUT2D eigenvalue weighted by Gasteiger charge is -2.07. The Labute approximate surface area is 87.7 Å². The Balaban J connectivity index is 2.63. The average Bonchev–Trinajstić information content (AvgIpc) is 2.28. The van der Waals surface area contributed by atoms with Crippen molar-refractivity contribution in [2.45, 2.75) is 13.0 Å². The van der Waals surface area contributed by atoms with Gasteiger partial charge in [0.2, 0.25) is 0 Å². The zero-order valence-electron chi connectivity index (χ0n) is 8.39. The Morgan fingerprint density at radius 3 is 3.07 bits per heavy atom. The molecule has 3 heteroatoms. The van der Waals surface area contributed by atoms with E-state index in [1.807, 2.05) is 18.2 Å². The van der Waals surface area contributed by atoms with Crippen molar-refractivity contribution >= 4 is 10.9 Å². The molecule has 76 valence electrons. The van der Waals surface area contributed by atoms with Crippen LogP contribution in [-0.4, -0.2) is 9.55 Å². The van der Waals surface area contributed by atoms with E-state index in [1.165, 1.54) is 0 Å². The molecule has 3 nitrogen and oxygen atoms in total. The maximum Gasteiger partial charge on any atom is 0.251 e. The van der Waals surface area contributed by atoms with Crippen LogP contribution in [0.2, 0.25) is 0 Å². The van der Waals surface area contributed by atoms with Gasteiger partial charge in [-0.2, -0.15) is 0 Å². The van der Waals surface area contributed by atoms with Gasteiger partial charge in [-0.3, -0.25) is 9.78 Å². The van der Waals surface area contributed by atoms with Gasteiger partial charge in [0.05, 0.1) is 11.7 Å². The number of aromatic nitrogens is 2. The topological polar surface area (TPSA) is 34.9 Å². The lowest BCUT2D eigenvalue weighted by Crippen LogP contribution is -2.19. The molecule has 0 bridgehead atoms. The fourth-order valence-corrected chi connectivity index (χ4v) is 1.58. The summed E-state index contributed by atoms with van der Waals surface area (Å²) in [6.45, 7) is 4.31. The van der Waals surface area contributed by atoms with Crippen LogP contribution >= 0.6 is 0 Å². The molecule has 0 N–H and O–H groups in total. The van der Waals surface area contributed by atoms with E-state index in [-0.39, 0.29) is 5.56 Å². The van der Waals surface area contributed by atoms with Crippen LogP contribution in [0.5, 0.6) is 0 Å². The van der Waals surface area contributed by atoms with E-state index in [0.29, 0.717) is 6.54 Å². The molecule has 0 aliphatic rings. The maximum absolute atomic E-state index is 11.6. The molecule has 0 atom stereocenters. The Hall–Kier alpha value is -1.90. The summed E-state index contributed by atoms with van der Waals surface area (Å²) in [4.78, 5) is 15.7.